The lowest BCUT2D eigenvalue weighted by atomic mass is 10.1. The molecule has 0 aliphatic heterocycles. The van der Waals surface area contributed by atoms with Gasteiger partial charge in [0.05, 0.1) is 11.6 Å². The Hall–Kier alpha value is -2.14. The first-order valence-corrected chi connectivity index (χ1v) is 6.89. The second-order valence-electron chi connectivity index (χ2n) is 4.72. The number of halogens is 2. The summed E-state index contributed by atoms with van der Waals surface area (Å²) in [5.41, 5.74) is 2.46. The lowest BCUT2D eigenvalue weighted by Gasteiger charge is -2.12. The van der Waals surface area contributed by atoms with Crippen molar-refractivity contribution in [2.45, 2.75) is 13.1 Å². The van der Waals surface area contributed by atoms with Crippen molar-refractivity contribution in [3.8, 4) is 6.07 Å². The second kappa shape index (κ2) is 9.79. The maximum atomic E-state index is 13.1. The lowest BCUT2D eigenvalue weighted by molar-refractivity contribution is 0.624. The molecule has 120 valence electrons. The number of nitrogens with one attached hydrogen (secondary N) is 2. The Kier molecular flexibility index (Phi) is 8.05. The summed E-state index contributed by atoms with van der Waals surface area (Å²) in [6.07, 6.45) is 0. The predicted molar refractivity (Wildman–Crippen MR) is 100 cm³/mol. The molecule has 0 spiro atoms. The van der Waals surface area contributed by atoms with Gasteiger partial charge in [0, 0.05) is 20.1 Å². The molecule has 0 radical (unpaired) electrons. The second-order valence-corrected chi connectivity index (χ2v) is 4.72. The average molecular weight is 424 g/mol. The van der Waals surface area contributed by atoms with Gasteiger partial charge in [0.2, 0.25) is 0 Å². The van der Waals surface area contributed by atoms with Crippen molar-refractivity contribution in [1.82, 2.24) is 10.6 Å². The van der Waals surface area contributed by atoms with Crippen LogP contribution in [0.4, 0.5) is 4.39 Å². The number of nitriles is 1. The van der Waals surface area contributed by atoms with Crippen LogP contribution < -0.4 is 10.6 Å². The minimum Gasteiger partial charge on any atom is -0.352 e. The van der Waals surface area contributed by atoms with Crippen LogP contribution in [0.3, 0.4) is 0 Å². The molecule has 0 fully saturated rings. The fraction of sp³-hybridized carbons (Fsp3) is 0.176. The minimum absolute atomic E-state index is 0. The monoisotopic (exact) mass is 424 g/mol. The van der Waals surface area contributed by atoms with Crippen LogP contribution in [-0.2, 0) is 13.1 Å². The van der Waals surface area contributed by atoms with Crippen molar-refractivity contribution in [1.29, 1.82) is 5.26 Å². The summed E-state index contributed by atoms with van der Waals surface area (Å²) >= 11 is 0. The highest BCUT2D eigenvalue weighted by atomic mass is 127. The fourth-order valence-electron chi connectivity index (χ4n) is 1.99. The van der Waals surface area contributed by atoms with Crippen LogP contribution in [0.2, 0.25) is 0 Å². The lowest BCUT2D eigenvalue weighted by Crippen LogP contribution is -2.36. The summed E-state index contributed by atoms with van der Waals surface area (Å²) in [6, 6.07) is 15.9. The molecule has 0 saturated carbocycles. The molecule has 0 unspecified atom stereocenters. The van der Waals surface area contributed by atoms with Crippen LogP contribution in [-0.4, -0.2) is 13.0 Å². The van der Waals surface area contributed by atoms with Crippen LogP contribution in [0.1, 0.15) is 16.7 Å². The number of aliphatic imine (C=N–C) groups is 1. The van der Waals surface area contributed by atoms with Crippen molar-refractivity contribution < 1.29 is 4.39 Å². The van der Waals surface area contributed by atoms with E-state index in [0.717, 1.165) is 11.1 Å². The molecule has 0 bridgehead atoms. The van der Waals surface area contributed by atoms with Gasteiger partial charge in [-0.3, -0.25) is 4.99 Å². The quantitative estimate of drug-likeness (QED) is 0.451. The molecule has 2 N–H and O–H groups in total. The molecule has 0 aliphatic rings. The molecule has 2 aromatic rings. The highest BCUT2D eigenvalue weighted by molar-refractivity contribution is 14.0. The molecule has 2 aromatic carbocycles. The number of guanidine groups is 1. The zero-order valence-corrected chi connectivity index (χ0v) is 15.0. The number of hydrogen-bond donors (Lipinski definition) is 2. The summed E-state index contributed by atoms with van der Waals surface area (Å²) < 4.78 is 13.1. The van der Waals surface area contributed by atoms with Crippen molar-refractivity contribution in [3.05, 3.63) is 71.0 Å². The molecule has 23 heavy (non-hydrogen) atoms. The average Bonchev–Trinajstić information content (AvgIpc) is 2.55. The van der Waals surface area contributed by atoms with Gasteiger partial charge in [0.1, 0.15) is 5.82 Å². The smallest absolute Gasteiger partial charge is 0.191 e. The minimum atomic E-state index is -0.254. The summed E-state index contributed by atoms with van der Waals surface area (Å²) in [5.74, 6) is 0.363. The first-order valence-electron chi connectivity index (χ1n) is 6.89. The number of rotatable bonds is 4. The van der Waals surface area contributed by atoms with Gasteiger partial charge in [-0.05, 0) is 35.4 Å². The Bertz CT molecular complexity index is 710. The molecule has 0 atom stereocenters. The molecule has 4 nitrogen and oxygen atoms in total. The van der Waals surface area contributed by atoms with E-state index in [4.69, 9.17) is 5.26 Å². The van der Waals surface area contributed by atoms with E-state index in [1.54, 1.807) is 19.2 Å². The zero-order valence-electron chi connectivity index (χ0n) is 12.7. The Labute approximate surface area is 152 Å². The van der Waals surface area contributed by atoms with Crippen LogP contribution in [0.5, 0.6) is 0 Å². The highest BCUT2D eigenvalue weighted by Gasteiger charge is 2.01. The molecule has 0 heterocycles. The van der Waals surface area contributed by atoms with Gasteiger partial charge in [0.25, 0.3) is 0 Å². The maximum absolute atomic E-state index is 13.1. The summed E-state index contributed by atoms with van der Waals surface area (Å²) in [4.78, 5) is 4.12. The molecule has 0 aliphatic carbocycles. The SMILES string of the molecule is CN=C(NCc1cccc(F)c1)NCc1cccc(C#N)c1.I. The topological polar surface area (TPSA) is 60.2 Å². The molecule has 2 rings (SSSR count). The Morgan fingerprint density at radius 3 is 2.26 bits per heavy atom. The fourth-order valence-corrected chi connectivity index (χ4v) is 1.99. The predicted octanol–water partition coefficient (Wildman–Crippen LogP) is 3.18. The van der Waals surface area contributed by atoms with E-state index in [9.17, 15) is 4.39 Å². The summed E-state index contributed by atoms with van der Waals surface area (Å²) in [6.45, 7) is 1.04. The first kappa shape index (κ1) is 18.9. The van der Waals surface area contributed by atoms with Gasteiger partial charge in [-0.15, -0.1) is 24.0 Å². The van der Waals surface area contributed by atoms with Crippen LogP contribution in [0.15, 0.2) is 53.5 Å². The summed E-state index contributed by atoms with van der Waals surface area (Å²) in [5, 5.41) is 15.2. The Morgan fingerprint density at radius 1 is 1.09 bits per heavy atom. The molecule has 6 heteroatoms. The third-order valence-corrected chi connectivity index (χ3v) is 3.09. The van der Waals surface area contributed by atoms with Crippen molar-refractivity contribution in [2.75, 3.05) is 7.05 Å². The molecular formula is C17H18FIN4. The third-order valence-electron chi connectivity index (χ3n) is 3.09. The van der Waals surface area contributed by atoms with E-state index in [2.05, 4.69) is 21.7 Å². The molecule has 0 aromatic heterocycles. The Balaban J connectivity index is 0.00000264. The summed E-state index contributed by atoms with van der Waals surface area (Å²) in [7, 11) is 1.67. The molecular weight excluding hydrogens is 406 g/mol. The van der Waals surface area contributed by atoms with Crippen molar-refractivity contribution in [2.24, 2.45) is 4.99 Å². The van der Waals surface area contributed by atoms with Crippen LogP contribution >= 0.6 is 24.0 Å². The van der Waals surface area contributed by atoms with E-state index < -0.39 is 0 Å². The number of benzene rings is 2. The molecule has 0 amide bonds. The van der Waals surface area contributed by atoms with E-state index in [-0.39, 0.29) is 29.8 Å². The van der Waals surface area contributed by atoms with Gasteiger partial charge in [-0.1, -0.05) is 24.3 Å². The van der Waals surface area contributed by atoms with Crippen LogP contribution in [0.25, 0.3) is 0 Å². The van der Waals surface area contributed by atoms with E-state index in [1.807, 2.05) is 24.3 Å². The van der Waals surface area contributed by atoms with Crippen LogP contribution in [0, 0.1) is 17.1 Å². The maximum Gasteiger partial charge on any atom is 0.191 e. The van der Waals surface area contributed by atoms with E-state index in [1.165, 1.54) is 12.1 Å². The Morgan fingerprint density at radius 2 is 1.70 bits per heavy atom. The van der Waals surface area contributed by atoms with Gasteiger partial charge in [-0.25, -0.2) is 4.39 Å². The standard InChI is InChI=1S/C17H17FN4.HI/c1-20-17(22-12-15-6-3-7-16(18)9-15)21-11-14-5-2-4-13(8-14)10-19;/h2-9H,11-12H2,1H3,(H2,20,21,22);1H. The van der Waals surface area contributed by atoms with Crippen molar-refractivity contribution in [3.63, 3.8) is 0 Å². The highest BCUT2D eigenvalue weighted by Crippen LogP contribution is 2.04. The van der Waals surface area contributed by atoms with Gasteiger partial charge in [-0.2, -0.15) is 5.26 Å². The van der Waals surface area contributed by atoms with Crippen molar-refractivity contribution >= 4 is 29.9 Å². The molecule has 0 saturated heterocycles. The third kappa shape index (κ3) is 6.24. The zero-order chi connectivity index (χ0) is 15.8. The first-order chi connectivity index (χ1) is 10.7. The van der Waals surface area contributed by atoms with E-state index >= 15 is 0 Å². The van der Waals surface area contributed by atoms with Gasteiger partial charge < -0.3 is 10.6 Å². The number of hydrogen-bond acceptors (Lipinski definition) is 2. The van der Waals surface area contributed by atoms with Gasteiger partial charge >= 0.3 is 0 Å². The largest absolute Gasteiger partial charge is 0.352 e. The van der Waals surface area contributed by atoms with Gasteiger partial charge in [0.15, 0.2) is 5.96 Å². The van der Waals surface area contributed by atoms with E-state index in [0.29, 0.717) is 24.6 Å². The normalized spacial score (nSPS) is 10.4. The number of nitrogens with zero attached hydrogens (tertiary/aromatic N) is 2.